The van der Waals surface area contributed by atoms with Gasteiger partial charge in [0.05, 0.1) is 6.20 Å². The highest BCUT2D eigenvalue weighted by Crippen LogP contribution is 2.25. The van der Waals surface area contributed by atoms with Crippen LogP contribution in [0, 0.1) is 12.8 Å². The van der Waals surface area contributed by atoms with E-state index in [1.54, 1.807) is 0 Å². The number of hydrogen-bond acceptors (Lipinski definition) is 3. The first-order chi connectivity index (χ1) is 13.2. The molecule has 1 unspecified atom stereocenters. The highest BCUT2D eigenvalue weighted by atomic mass is 32.2. The van der Waals surface area contributed by atoms with Crippen LogP contribution in [-0.4, -0.2) is 52.6 Å². The number of thioether (sulfide) groups is 1. The first kappa shape index (κ1) is 19.8. The van der Waals surface area contributed by atoms with Gasteiger partial charge in [0.2, 0.25) is 0 Å². The molecule has 2 heterocycles. The van der Waals surface area contributed by atoms with E-state index in [4.69, 9.17) is 4.99 Å². The molecule has 0 saturated carbocycles. The molecule has 3 rings (SSSR count). The van der Waals surface area contributed by atoms with Gasteiger partial charge in [0.25, 0.3) is 0 Å². The number of hydrogen-bond donors (Lipinski definition) is 1. The average molecular weight is 386 g/mol. The Morgan fingerprint density at radius 3 is 2.93 bits per heavy atom. The molecule has 27 heavy (non-hydrogen) atoms. The van der Waals surface area contributed by atoms with Gasteiger partial charge in [-0.05, 0) is 50.3 Å². The summed E-state index contributed by atoms with van der Waals surface area (Å²) in [5, 5.41) is 7.81. The summed E-state index contributed by atoms with van der Waals surface area (Å²) in [6.07, 6.45) is 6.25. The summed E-state index contributed by atoms with van der Waals surface area (Å²) in [6.45, 7) is 9.09. The van der Waals surface area contributed by atoms with E-state index in [1.807, 2.05) is 22.6 Å². The maximum atomic E-state index is 4.85. The molecule has 1 saturated heterocycles. The smallest absolute Gasteiger partial charge is 0.193 e. The molecule has 1 aliphatic rings. The van der Waals surface area contributed by atoms with Crippen molar-refractivity contribution < 1.29 is 0 Å². The number of rotatable bonds is 8. The van der Waals surface area contributed by atoms with Crippen LogP contribution in [0.5, 0.6) is 0 Å². The summed E-state index contributed by atoms with van der Waals surface area (Å²) in [7, 11) is 0. The van der Waals surface area contributed by atoms with Crippen molar-refractivity contribution in [2.45, 2.75) is 38.1 Å². The molecular formula is C21H31N5S. The Bertz CT molecular complexity index is 712. The van der Waals surface area contributed by atoms with Crippen molar-refractivity contribution >= 4 is 17.7 Å². The Labute approximate surface area is 167 Å². The second kappa shape index (κ2) is 10.4. The van der Waals surface area contributed by atoms with Crippen molar-refractivity contribution in [2.24, 2.45) is 10.9 Å². The number of aryl methyl sites for hydroxylation is 2. The molecule has 0 spiro atoms. The highest BCUT2D eigenvalue weighted by molar-refractivity contribution is 7.99. The van der Waals surface area contributed by atoms with Gasteiger partial charge >= 0.3 is 0 Å². The second-order valence-corrected chi connectivity index (χ2v) is 8.19. The molecule has 1 aromatic heterocycles. The minimum Gasteiger partial charge on any atom is -0.357 e. The standard InChI is InChI=1S/C21H31N5S/c1-3-22-21(23-11-7-12-26-15-18(2)14-24-26)25-13-10-19(16-25)17-27-20-8-5-4-6-9-20/h4-6,8-9,14-15,19H,3,7,10-13,16-17H2,1-2H3,(H,22,23). The molecule has 1 fully saturated rings. The van der Waals surface area contributed by atoms with Gasteiger partial charge in [-0.25, -0.2) is 0 Å². The Kier molecular flexibility index (Phi) is 7.63. The van der Waals surface area contributed by atoms with Gasteiger partial charge in [0.15, 0.2) is 5.96 Å². The summed E-state index contributed by atoms with van der Waals surface area (Å²) in [4.78, 5) is 8.65. The lowest BCUT2D eigenvalue weighted by Gasteiger charge is -2.21. The largest absolute Gasteiger partial charge is 0.357 e. The number of likely N-dealkylation sites (tertiary alicyclic amines) is 1. The molecule has 0 radical (unpaired) electrons. The first-order valence-electron chi connectivity index (χ1n) is 9.94. The van der Waals surface area contributed by atoms with Crippen molar-refractivity contribution in [3.8, 4) is 0 Å². The summed E-state index contributed by atoms with van der Waals surface area (Å²) in [5.41, 5.74) is 1.21. The van der Waals surface area contributed by atoms with Gasteiger partial charge in [-0.3, -0.25) is 9.67 Å². The van der Waals surface area contributed by atoms with Crippen LogP contribution in [0.2, 0.25) is 0 Å². The quantitative estimate of drug-likeness (QED) is 0.326. The molecule has 146 valence electrons. The monoisotopic (exact) mass is 385 g/mol. The van der Waals surface area contributed by atoms with E-state index < -0.39 is 0 Å². The van der Waals surface area contributed by atoms with Gasteiger partial charge in [0.1, 0.15) is 0 Å². The normalized spacial score (nSPS) is 17.5. The minimum atomic E-state index is 0.728. The third-order valence-electron chi connectivity index (χ3n) is 4.72. The third-order valence-corrected chi connectivity index (χ3v) is 5.96. The van der Waals surface area contributed by atoms with Crippen LogP contribution in [0.1, 0.15) is 25.3 Å². The SMILES string of the molecule is CCNC(=NCCCn1cc(C)cn1)N1CCC(CSc2ccccc2)C1. The molecule has 1 atom stereocenters. The summed E-state index contributed by atoms with van der Waals surface area (Å²) >= 11 is 1.97. The van der Waals surface area contributed by atoms with Crippen molar-refractivity contribution in [3.05, 3.63) is 48.3 Å². The van der Waals surface area contributed by atoms with Crippen LogP contribution < -0.4 is 5.32 Å². The van der Waals surface area contributed by atoms with E-state index in [9.17, 15) is 0 Å². The molecule has 1 aliphatic heterocycles. The fourth-order valence-corrected chi connectivity index (χ4v) is 4.37. The van der Waals surface area contributed by atoms with Crippen molar-refractivity contribution in [1.82, 2.24) is 20.0 Å². The fourth-order valence-electron chi connectivity index (χ4n) is 3.32. The van der Waals surface area contributed by atoms with Gasteiger partial charge in [0, 0.05) is 49.6 Å². The lowest BCUT2D eigenvalue weighted by Crippen LogP contribution is -2.40. The second-order valence-electron chi connectivity index (χ2n) is 7.09. The Morgan fingerprint density at radius 2 is 2.19 bits per heavy atom. The Hall–Kier alpha value is -1.95. The number of nitrogens with zero attached hydrogens (tertiary/aromatic N) is 4. The molecular weight excluding hydrogens is 354 g/mol. The summed E-state index contributed by atoms with van der Waals surface area (Å²) < 4.78 is 2.00. The summed E-state index contributed by atoms with van der Waals surface area (Å²) in [5.74, 6) is 2.98. The van der Waals surface area contributed by atoms with E-state index in [0.29, 0.717) is 0 Å². The average Bonchev–Trinajstić information content (AvgIpc) is 3.32. The van der Waals surface area contributed by atoms with Crippen LogP contribution in [0.15, 0.2) is 52.6 Å². The summed E-state index contributed by atoms with van der Waals surface area (Å²) in [6, 6.07) is 10.7. The zero-order valence-corrected chi connectivity index (χ0v) is 17.3. The molecule has 0 amide bonds. The van der Waals surface area contributed by atoms with Gasteiger partial charge in [-0.15, -0.1) is 11.8 Å². The van der Waals surface area contributed by atoms with E-state index in [0.717, 1.165) is 51.0 Å². The van der Waals surface area contributed by atoms with Gasteiger partial charge in [-0.2, -0.15) is 5.10 Å². The molecule has 2 aromatic rings. The highest BCUT2D eigenvalue weighted by Gasteiger charge is 2.24. The molecule has 1 N–H and O–H groups in total. The maximum Gasteiger partial charge on any atom is 0.193 e. The maximum absolute atomic E-state index is 4.85. The third kappa shape index (κ3) is 6.31. The minimum absolute atomic E-state index is 0.728. The van der Waals surface area contributed by atoms with Crippen molar-refractivity contribution in [3.63, 3.8) is 0 Å². The Balaban J connectivity index is 1.44. The number of nitrogens with one attached hydrogen (secondary N) is 1. The molecule has 6 heteroatoms. The van der Waals surface area contributed by atoms with Crippen LogP contribution in [0.25, 0.3) is 0 Å². The van der Waals surface area contributed by atoms with Crippen LogP contribution >= 0.6 is 11.8 Å². The first-order valence-corrected chi connectivity index (χ1v) is 10.9. The lowest BCUT2D eigenvalue weighted by atomic mass is 10.2. The fraction of sp³-hybridized carbons (Fsp3) is 0.524. The van der Waals surface area contributed by atoms with Gasteiger partial charge < -0.3 is 10.2 Å². The number of aromatic nitrogens is 2. The van der Waals surface area contributed by atoms with Crippen LogP contribution in [0.3, 0.4) is 0 Å². The van der Waals surface area contributed by atoms with E-state index in [-0.39, 0.29) is 0 Å². The molecule has 1 aromatic carbocycles. The molecule has 0 aliphatic carbocycles. The topological polar surface area (TPSA) is 45.5 Å². The van der Waals surface area contributed by atoms with E-state index in [2.05, 4.69) is 65.7 Å². The Morgan fingerprint density at radius 1 is 1.33 bits per heavy atom. The number of guanidine groups is 1. The lowest BCUT2D eigenvalue weighted by molar-refractivity contribution is 0.473. The van der Waals surface area contributed by atoms with Crippen molar-refractivity contribution in [2.75, 3.05) is 31.9 Å². The molecule has 0 bridgehead atoms. The zero-order chi connectivity index (χ0) is 18.9. The number of benzene rings is 1. The van der Waals surface area contributed by atoms with Gasteiger partial charge in [-0.1, -0.05) is 18.2 Å². The predicted molar refractivity (Wildman–Crippen MR) is 114 cm³/mol. The zero-order valence-electron chi connectivity index (χ0n) is 16.5. The van der Waals surface area contributed by atoms with Crippen molar-refractivity contribution in [1.29, 1.82) is 0 Å². The predicted octanol–water partition coefficient (Wildman–Crippen LogP) is 3.66. The van der Waals surface area contributed by atoms with E-state index in [1.165, 1.54) is 22.6 Å². The molecule has 5 nitrogen and oxygen atoms in total. The van der Waals surface area contributed by atoms with Crippen LogP contribution in [0.4, 0.5) is 0 Å². The van der Waals surface area contributed by atoms with E-state index >= 15 is 0 Å². The number of aliphatic imine (C=N–C) groups is 1. The van der Waals surface area contributed by atoms with Crippen LogP contribution in [-0.2, 0) is 6.54 Å².